The highest BCUT2D eigenvalue weighted by Crippen LogP contribution is 2.37. The van der Waals surface area contributed by atoms with Crippen LogP contribution >= 0.6 is 0 Å². The van der Waals surface area contributed by atoms with Gasteiger partial charge in [-0.25, -0.2) is 13.2 Å². The van der Waals surface area contributed by atoms with E-state index in [2.05, 4.69) is 5.32 Å². The summed E-state index contributed by atoms with van der Waals surface area (Å²) in [4.78, 5) is 24.2. The van der Waals surface area contributed by atoms with Gasteiger partial charge in [0.1, 0.15) is 5.75 Å². The first-order valence-electron chi connectivity index (χ1n) is 9.55. The van der Waals surface area contributed by atoms with Gasteiger partial charge in [-0.3, -0.25) is 9.10 Å². The first kappa shape index (κ1) is 21.6. The number of benzene rings is 2. The van der Waals surface area contributed by atoms with Crippen LogP contribution in [0.1, 0.15) is 20.3 Å². The molecule has 1 aliphatic heterocycles. The van der Waals surface area contributed by atoms with Gasteiger partial charge in [0.2, 0.25) is 15.9 Å². The van der Waals surface area contributed by atoms with Crippen molar-refractivity contribution in [1.29, 1.82) is 0 Å². The van der Waals surface area contributed by atoms with Crippen LogP contribution in [0.2, 0.25) is 0 Å². The maximum Gasteiger partial charge on any atom is 0.344 e. The molecule has 30 heavy (non-hydrogen) atoms. The molecule has 1 aliphatic rings. The Bertz CT molecular complexity index is 1010. The highest BCUT2D eigenvalue weighted by molar-refractivity contribution is 7.95. The second-order valence-corrected chi connectivity index (χ2v) is 9.26. The molecule has 160 valence electrons. The molecule has 1 saturated heterocycles. The molecule has 1 N–H and O–H groups in total. The van der Waals surface area contributed by atoms with E-state index in [1.54, 1.807) is 61.5 Å². The SMILES string of the molecule is CCOC(=O)COc1ccc(NC(=O)C2(C)CCN(c3ccccc3)S2(=O)=O)cc1. The fourth-order valence-corrected chi connectivity index (χ4v) is 4.99. The number of ether oxygens (including phenoxy) is 2. The fraction of sp³-hybridized carbons (Fsp3) is 0.333. The number of nitrogens with one attached hydrogen (secondary N) is 1. The lowest BCUT2D eigenvalue weighted by molar-refractivity contribution is -0.145. The monoisotopic (exact) mass is 432 g/mol. The smallest absolute Gasteiger partial charge is 0.344 e. The van der Waals surface area contributed by atoms with E-state index in [-0.39, 0.29) is 26.2 Å². The molecule has 1 atom stereocenters. The third kappa shape index (κ3) is 4.25. The number of nitrogens with zero attached hydrogens (tertiary/aromatic N) is 1. The predicted molar refractivity (Wildman–Crippen MR) is 113 cm³/mol. The van der Waals surface area contributed by atoms with Gasteiger partial charge >= 0.3 is 5.97 Å². The van der Waals surface area contributed by atoms with Crippen LogP contribution < -0.4 is 14.4 Å². The van der Waals surface area contributed by atoms with Gasteiger partial charge in [-0.05, 0) is 56.7 Å². The number of rotatable bonds is 7. The summed E-state index contributed by atoms with van der Waals surface area (Å²) >= 11 is 0. The van der Waals surface area contributed by atoms with E-state index in [9.17, 15) is 18.0 Å². The molecule has 0 aliphatic carbocycles. The molecular formula is C21H24N2O6S. The number of para-hydroxylation sites is 1. The molecule has 9 heteroatoms. The van der Waals surface area contributed by atoms with Crippen molar-refractivity contribution in [2.45, 2.75) is 25.0 Å². The zero-order chi connectivity index (χ0) is 21.8. The second kappa shape index (κ2) is 8.74. The molecule has 0 bridgehead atoms. The number of sulfonamides is 1. The molecule has 1 unspecified atom stereocenters. The summed E-state index contributed by atoms with van der Waals surface area (Å²) in [5, 5.41) is 2.67. The van der Waals surface area contributed by atoms with E-state index < -0.39 is 26.6 Å². The van der Waals surface area contributed by atoms with Crippen molar-refractivity contribution in [3.63, 3.8) is 0 Å². The summed E-state index contributed by atoms with van der Waals surface area (Å²) in [7, 11) is -3.89. The van der Waals surface area contributed by atoms with E-state index in [4.69, 9.17) is 9.47 Å². The summed E-state index contributed by atoms with van der Waals surface area (Å²) < 4.78 is 36.0. The van der Waals surface area contributed by atoms with Crippen LogP contribution in [0.3, 0.4) is 0 Å². The van der Waals surface area contributed by atoms with Crippen molar-refractivity contribution in [3.8, 4) is 5.75 Å². The molecule has 0 saturated carbocycles. The molecule has 1 amide bonds. The van der Waals surface area contributed by atoms with Gasteiger partial charge in [-0.15, -0.1) is 0 Å². The van der Waals surface area contributed by atoms with Crippen LogP contribution in [0.4, 0.5) is 11.4 Å². The van der Waals surface area contributed by atoms with Crippen LogP contribution in [0.5, 0.6) is 5.75 Å². The van der Waals surface area contributed by atoms with Crippen LogP contribution in [0.25, 0.3) is 0 Å². The maximum atomic E-state index is 13.1. The van der Waals surface area contributed by atoms with Gasteiger partial charge < -0.3 is 14.8 Å². The Hall–Kier alpha value is -3.07. The zero-order valence-corrected chi connectivity index (χ0v) is 17.6. The summed E-state index contributed by atoms with van der Waals surface area (Å²) in [5.74, 6) is -0.644. The first-order chi connectivity index (χ1) is 14.3. The standard InChI is InChI=1S/C21H24N2O6S/c1-3-28-19(24)15-29-18-11-9-16(10-12-18)22-20(25)21(2)13-14-23(30(21,26)27)17-7-5-4-6-8-17/h4-12H,3,13-15H2,1-2H3,(H,22,25). The number of amides is 1. The number of anilines is 2. The highest BCUT2D eigenvalue weighted by atomic mass is 32.2. The average Bonchev–Trinajstić information content (AvgIpc) is 2.98. The van der Waals surface area contributed by atoms with Gasteiger partial charge in [0.05, 0.1) is 12.3 Å². The first-order valence-corrected chi connectivity index (χ1v) is 11.0. The third-order valence-corrected chi connectivity index (χ3v) is 7.45. The third-order valence-electron chi connectivity index (χ3n) is 4.95. The lowest BCUT2D eigenvalue weighted by Gasteiger charge is -2.25. The summed E-state index contributed by atoms with van der Waals surface area (Å²) in [6, 6.07) is 15.0. The second-order valence-electron chi connectivity index (χ2n) is 6.97. The van der Waals surface area contributed by atoms with Crippen molar-refractivity contribution < 1.29 is 27.5 Å². The average molecular weight is 432 g/mol. The van der Waals surface area contributed by atoms with E-state index in [0.29, 0.717) is 17.1 Å². The van der Waals surface area contributed by atoms with Crippen LogP contribution in [-0.2, 0) is 24.3 Å². The van der Waals surface area contributed by atoms with Crippen molar-refractivity contribution in [1.82, 2.24) is 0 Å². The van der Waals surface area contributed by atoms with E-state index in [1.807, 2.05) is 0 Å². The lowest BCUT2D eigenvalue weighted by atomic mass is 10.1. The number of carbonyl (C=O) groups is 2. The minimum atomic E-state index is -3.89. The van der Waals surface area contributed by atoms with E-state index in [1.165, 1.54) is 11.2 Å². The molecule has 2 aromatic carbocycles. The highest BCUT2D eigenvalue weighted by Gasteiger charge is 2.54. The minimum absolute atomic E-state index is 0.177. The number of hydrogen-bond donors (Lipinski definition) is 1. The van der Waals surface area contributed by atoms with Gasteiger partial charge in [0.15, 0.2) is 11.4 Å². The summed E-state index contributed by atoms with van der Waals surface area (Å²) in [6.07, 6.45) is 0.177. The zero-order valence-electron chi connectivity index (χ0n) is 16.8. The van der Waals surface area contributed by atoms with Gasteiger partial charge in [-0.2, -0.15) is 0 Å². The quantitative estimate of drug-likeness (QED) is 0.675. The van der Waals surface area contributed by atoms with Crippen molar-refractivity contribution in [2.24, 2.45) is 0 Å². The number of esters is 1. The Morgan fingerprint density at radius 3 is 2.40 bits per heavy atom. The van der Waals surface area contributed by atoms with Crippen LogP contribution in [0, 0.1) is 0 Å². The van der Waals surface area contributed by atoms with Crippen molar-refractivity contribution in [2.75, 3.05) is 29.4 Å². The molecule has 0 spiro atoms. The molecule has 1 heterocycles. The summed E-state index contributed by atoms with van der Waals surface area (Å²) in [5.41, 5.74) is 0.968. The van der Waals surface area contributed by atoms with Gasteiger partial charge in [0, 0.05) is 12.2 Å². The number of carbonyl (C=O) groups excluding carboxylic acids is 2. The van der Waals surface area contributed by atoms with Crippen LogP contribution in [-0.4, -0.2) is 44.8 Å². The summed E-state index contributed by atoms with van der Waals surface area (Å²) in [6.45, 7) is 3.44. The van der Waals surface area contributed by atoms with Crippen molar-refractivity contribution >= 4 is 33.3 Å². The Kier molecular flexibility index (Phi) is 6.31. The topological polar surface area (TPSA) is 102 Å². The van der Waals surface area contributed by atoms with Gasteiger partial charge in [0.25, 0.3) is 0 Å². The Balaban J connectivity index is 1.67. The molecule has 0 aromatic heterocycles. The van der Waals surface area contributed by atoms with Crippen molar-refractivity contribution in [3.05, 3.63) is 54.6 Å². The molecular weight excluding hydrogens is 408 g/mol. The predicted octanol–water partition coefficient (Wildman–Crippen LogP) is 2.57. The Morgan fingerprint density at radius 2 is 1.77 bits per heavy atom. The fourth-order valence-electron chi connectivity index (χ4n) is 3.14. The Labute approximate surface area is 175 Å². The normalized spacial score (nSPS) is 19.9. The molecule has 8 nitrogen and oxygen atoms in total. The molecule has 1 fully saturated rings. The lowest BCUT2D eigenvalue weighted by Crippen LogP contribution is -2.47. The van der Waals surface area contributed by atoms with E-state index >= 15 is 0 Å². The maximum absolute atomic E-state index is 13.1. The van der Waals surface area contributed by atoms with Gasteiger partial charge in [-0.1, -0.05) is 18.2 Å². The largest absolute Gasteiger partial charge is 0.482 e. The molecule has 3 rings (SSSR count). The number of hydrogen-bond acceptors (Lipinski definition) is 6. The Morgan fingerprint density at radius 1 is 1.10 bits per heavy atom. The molecule has 0 radical (unpaired) electrons. The molecule has 2 aromatic rings. The minimum Gasteiger partial charge on any atom is -0.482 e. The van der Waals surface area contributed by atoms with E-state index in [0.717, 1.165) is 0 Å². The van der Waals surface area contributed by atoms with Crippen LogP contribution in [0.15, 0.2) is 54.6 Å².